The van der Waals surface area contributed by atoms with Crippen LogP contribution in [0, 0.1) is 6.92 Å². The number of piperazine rings is 1. The fourth-order valence-corrected chi connectivity index (χ4v) is 5.55. The normalized spacial score (nSPS) is 15.1. The number of aryl methyl sites for hydroxylation is 1. The molecule has 32 heavy (non-hydrogen) atoms. The molecule has 1 aromatic heterocycles. The molecular formula is C24H27N3O3S2. The second-order valence-electron chi connectivity index (χ2n) is 7.93. The molecule has 1 N–H and O–H groups in total. The molecule has 0 atom stereocenters. The maximum Gasteiger partial charge on any atom is 0.254 e. The zero-order chi connectivity index (χ0) is 22.6. The zero-order valence-corrected chi connectivity index (χ0v) is 19.7. The van der Waals surface area contributed by atoms with Gasteiger partial charge < -0.3 is 4.90 Å². The summed E-state index contributed by atoms with van der Waals surface area (Å²) in [5, 5.41) is 2.08. The van der Waals surface area contributed by atoms with E-state index in [1.165, 1.54) is 10.9 Å². The number of thiophene rings is 1. The average molecular weight is 470 g/mol. The van der Waals surface area contributed by atoms with E-state index in [4.69, 9.17) is 0 Å². The van der Waals surface area contributed by atoms with Crippen LogP contribution in [0.5, 0.6) is 0 Å². The van der Waals surface area contributed by atoms with Crippen molar-refractivity contribution in [2.45, 2.75) is 24.9 Å². The van der Waals surface area contributed by atoms with Crippen LogP contribution in [0.2, 0.25) is 0 Å². The number of carbonyl (C=O) groups excluding carboxylic acids is 1. The lowest BCUT2D eigenvalue weighted by molar-refractivity contribution is 0.0628. The van der Waals surface area contributed by atoms with Gasteiger partial charge in [0.05, 0.1) is 4.90 Å². The van der Waals surface area contributed by atoms with Gasteiger partial charge in [0.2, 0.25) is 10.0 Å². The van der Waals surface area contributed by atoms with Crippen LogP contribution in [-0.2, 0) is 23.1 Å². The number of amides is 1. The average Bonchev–Trinajstić information content (AvgIpc) is 3.32. The molecular weight excluding hydrogens is 442 g/mol. The molecule has 1 saturated heterocycles. The molecule has 4 rings (SSSR count). The highest BCUT2D eigenvalue weighted by Gasteiger charge is 2.25. The molecule has 1 amide bonds. The number of benzene rings is 2. The van der Waals surface area contributed by atoms with E-state index in [0.717, 1.165) is 30.8 Å². The standard InChI is InChI=1S/C24H27N3O3S2/c1-19-9-10-22(32(29,30)25-17-20-6-3-2-4-7-20)16-23(19)24(28)27-13-11-26(12-14-27)18-21-8-5-15-31-21/h2-10,15-16,25H,11-14,17-18H2,1H3. The van der Waals surface area contributed by atoms with Gasteiger partial charge in [-0.1, -0.05) is 42.5 Å². The van der Waals surface area contributed by atoms with Crippen molar-refractivity contribution in [1.29, 1.82) is 0 Å². The van der Waals surface area contributed by atoms with Gasteiger partial charge in [-0.2, -0.15) is 0 Å². The third kappa shape index (κ3) is 5.45. The number of hydrogen-bond acceptors (Lipinski definition) is 5. The lowest BCUT2D eigenvalue weighted by atomic mass is 10.1. The van der Waals surface area contributed by atoms with Gasteiger partial charge in [-0.3, -0.25) is 9.69 Å². The summed E-state index contributed by atoms with van der Waals surface area (Å²) in [5.41, 5.74) is 2.09. The summed E-state index contributed by atoms with van der Waals surface area (Å²) in [4.78, 5) is 18.8. The number of sulfonamides is 1. The van der Waals surface area contributed by atoms with Crippen molar-refractivity contribution in [3.8, 4) is 0 Å². The Hall–Kier alpha value is -2.52. The molecule has 0 bridgehead atoms. The van der Waals surface area contributed by atoms with Crippen LogP contribution in [-0.4, -0.2) is 50.3 Å². The monoisotopic (exact) mass is 469 g/mol. The van der Waals surface area contributed by atoms with Gasteiger partial charge in [0.1, 0.15) is 0 Å². The van der Waals surface area contributed by atoms with Gasteiger partial charge in [0.25, 0.3) is 5.91 Å². The van der Waals surface area contributed by atoms with Crippen molar-refractivity contribution in [3.05, 3.63) is 87.6 Å². The minimum absolute atomic E-state index is 0.110. The van der Waals surface area contributed by atoms with Gasteiger partial charge in [-0.05, 0) is 41.6 Å². The summed E-state index contributed by atoms with van der Waals surface area (Å²) in [7, 11) is -3.73. The van der Waals surface area contributed by atoms with Crippen molar-refractivity contribution in [2.75, 3.05) is 26.2 Å². The van der Waals surface area contributed by atoms with E-state index in [1.807, 2.05) is 42.2 Å². The topological polar surface area (TPSA) is 69.7 Å². The zero-order valence-electron chi connectivity index (χ0n) is 18.0. The first-order chi connectivity index (χ1) is 15.4. The quantitative estimate of drug-likeness (QED) is 0.575. The summed E-state index contributed by atoms with van der Waals surface area (Å²) in [5.74, 6) is -0.113. The third-order valence-corrected chi connectivity index (χ3v) is 7.94. The fourth-order valence-electron chi connectivity index (χ4n) is 3.76. The number of nitrogens with one attached hydrogen (secondary N) is 1. The summed E-state index contributed by atoms with van der Waals surface area (Å²) in [6.07, 6.45) is 0. The largest absolute Gasteiger partial charge is 0.336 e. The smallest absolute Gasteiger partial charge is 0.254 e. The summed E-state index contributed by atoms with van der Waals surface area (Å²) in [6, 6.07) is 18.3. The Kier molecular flexibility index (Phi) is 7.05. The molecule has 0 spiro atoms. The van der Waals surface area contributed by atoms with Crippen LogP contribution >= 0.6 is 11.3 Å². The Balaban J connectivity index is 1.42. The fraction of sp³-hybridized carbons (Fsp3) is 0.292. The van der Waals surface area contributed by atoms with E-state index in [9.17, 15) is 13.2 Å². The second kappa shape index (κ2) is 9.95. The summed E-state index contributed by atoms with van der Waals surface area (Å²) >= 11 is 1.74. The first-order valence-corrected chi connectivity index (χ1v) is 13.0. The van der Waals surface area contributed by atoms with Gasteiger partial charge in [0, 0.05) is 49.7 Å². The van der Waals surface area contributed by atoms with Crippen LogP contribution in [0.4, 0.5) is 0 Å². The third-order valence-electron chi connectivity index (χ3n) is 5.68. The molecule has 0 radical (unpaired) electrons. The second-order valence-corrected chi connectivity index (χ2v) is 10.7. The van der Waals surface area contributed by atoms with Crippen molar-refractivity contribution < 1.29 is 13.2 Å². The van der Waals surface area contributed by atoms with Crippen LogP contribution in [0.3, 0.4) is 0 Å². The van der Waals surface area contributed by atoms with Gasteiger partial charge in [-0.25, -0.2) is 13.1 Å². The molecule has 1 aliphatic rings. The highest BCUT2D eigenvalue weighted by atomic mass is 32.2. The van der Waals surface area contributed by atoms with Crippen molar-refractivity contribution >= 4 is 27.3 Å². The van der Waals surface area contributed by atoms with E-state index in [0.29, 0.717) is 18.7 Å². The van der Waals surface area contributed by atoms with Crippen LogP contribution in [0.15, 0.2) is 70.9 Å². The van der Waals surface area contributed by atoms with E-state index < -0.39 is 10.0 Å². The van der Waals surface area contributed by atoms with E-state index in [2.05, 4.69) is 27.1 Å². The highest BCUT2D eigenvalue weighted by molar-refractivity contribution is 7.89. The SMILES string of the molecule is Cc1ccc(S(=O)(=O)NCc2ccccc2)cc1C(=O)N1CCN(Cc2cccs2)CC1. The maximum atomic E-state index is 13.2. The Labute approximate surface area is 193 Å². The molecule has 8 heteroatoms. The molecule has 2 heterocycles. The molecule has 0 unspecified atom stereocenters. The number of nitrogens with zero attached hydrogens (tertiary/aromatic N) is 2. The molecule has 1 aliphatic heterocycles. The molecule has 0 saturated carbocycles. The first kappa shape index (κ1) is 22.7. The number of carbonyl (C=O) groups is 1. The first-order valence-electron chi connectivity index (χ1n) is 10.6. The summed E-state index contributed by atoms with van der Waals surface area (Å²) in [6.45, 7) is 5.82. The van der Waals surface area contributed by atoms with Crippen molar-refractivity contribution in [1.82, 2.24) is 14.5 Å². The van der Waals surface area contributed by atoms with Gasteiger partial charge in [-0.15, -0.1) is 11.3 Å². The molecule has 1 fully saturated rings. The summed E-state index contributed by atoms with van der Waals surface area (Å²) < 4.78 is 28.3. The van der Waals surface area contributed by atoms with Crippen LogP contribution in [0.1, 0.15) is 26.4 Å². The van der Waals surface area contributed by atoms with Gasteiger partial charge >= 0.3 is 0 Å². The Morgan fingerprint density at radius 1 is 1.00 bits per heavy atom. The van der Waals surface area contributed by atoms with Gasteiger partial charge in [0.15, 0.2) is 0 Å². The van der Waals surface area contributed by atoms with Crippen LogP contribution < -0.4 is 4.72 Å². The molecule has 0 aliphatic carbocycles. The Morgan fingerprint density at radius 2 is 1.75 bits per heavy atom. The molecule has 2 aromatic carbocycles. The minimum Gasteiger partial charge on any atom is -0.336 e. The van der Waals surface area contributed by atoms with E-state index in [-0.39, 0.29) is 17.3 Å². The predicted molar refractivity (Wildman–Crippen MR) is 127 cm³/mol. The van der Waals surface area contributed by atoms with Crippen molar-refractivity contribution in [2.24, 2.45) is 0 Å². The van der Waals surface area contributed by atoms with E-state index in [1.54, 1.807) is 23.5 Å². The Morgan fingerprint density at radius 3 is 2.44 bits per heavy atom. The lowest BCUT2D eigenvalue weighted by Crippen LogP contribution is -2.48. The Bertz CT molecular complexity index is 1150. The predicted octanol–water partition coefficient (Wildman–Crippen LogP) is 3.49. The maximum absolute atomic E-state index is 13.2. The van der Waals surface area contributed by atoms with Crippen molar-refractivity contribution in [3.63, 3.8) is 0 Å². The molecule has 168 valence electrons. The van der Waals surface area contributed by atoms with Crippen LogP contribution in [0.25, 0.3) is 0 Å². The van der Waals surface area contributed by atoms with E-state index >= 15 is 0 Å². The lowest BCUT2D eigenvalue weighted by Gasteiger charge is -2.34. The molecule has 3 aromatic rings. The highest BCUT2D eigenvalue weighted by Crippen LogP contribution is 2.20. The number of rotatable bonds is 7. The minimum atomic E-state index is -3.73. The number of hydrogen-bond donors (Lipinski definition) is 1. The molecule has 6 nitrogen and oxygen atoms in total.